The monoisotopic (exact) mass is 253 g/mol. The molecule has 2 rings (SSSR count). The minimum absolute atomic E-state index is 0.231. The largest absolute Gasteiger partial charge is 0.480 e. The molecule has 3 heteroatoms. The molecule has 0 saturated heterocycles. The Kier molecular flexibility index (Phi) is 3.48. The van der Waals surface area contributed by atoms with Crippen LogP contribution in [0.5, 0.6) is 0 Å². The van der Waals surface area contributed by atoms with Crippen LogP contribution in [-0.4, -0.2) is 23.2 Å². The van der Waals surface area contributed by atoms with Gasteiger partial charge in [-0.2, -0.15) is 0 Å². The molecule has 2 N–H and O–H groups in total. The summed E-state index contributed by atoms with van der Waals surface area (Å²) in [5.41, 5.74) is 0.532. The summed E-state index contributed by atoms with van der Waals surface area (Å²) in [6, 6.07) is -0.0353. The molecule has 3 nitrogen and oxygen atoms in total. The molecule has 0 aromatic rings. The van der Waals surface area contributed by atoms with E-state index in [2.05, 4.69) is 26.1 Å². The van der Waals surface area contributed by atoms with E-state index in [9.17, 15) is 9.90 Å². The van der Waals surface area contributed by atoms with Gasteiger partial charge in [0.2, 0.25) is 0 Å². The molecule has 2 fully saturated rings. The fourth-order valence-electron chi connectivity index (χ4n) is 4.49. The predicted octanol–water partition coefficient (Wildman–Crippen LogP) is 3.04. The highest BCUT2D eigenvalue weighted by Crippen LogP contribution is 2.62. The van der Waals surface area contributed by atoms with Crippen molar-refractivity contribution < 1.29 is 9.90 Å². The van der Waals surface area contributed by atoms with Gasteiger partial charge in [-0.3, -0.25) is 4.79 Å². The number of hydrogen-bond donors (Lipinski definition) is 2. The molecule has 2 aliphatic rings. The summed E-state index contributed by atoms with van der Waals surface area (Å²) in [5.74, 6) is 0.0649. The zero-order valence-electron chi connectivity index (χ0n) is 12.1. The lowest BCUT2D eigenvalue weighted by Gasteiger charge is -2.44. The number of nitrogens with one attached hydrogen (secondary N) is 1. The minimum Gasteiger partial charge on any atom is -0.480 e. The standard InChI is InChI=1S/C15H27NO2/c1-5-6-11(12(17)18)16-13-14(2,3)10-7-8-15(13,4)9-10/h10-11,13,16H,5-9H2,1-4H3,(H,17,18). The topological polar surface area (TPSA) is 49.3 Å². The smallest absolute Gasteiger partial charge is 0.320 e. The zero-order valence-corrected chi connectivity index (χ0v) is 12.1. The Hall–Kier alpha value is -0.570. The number of aliphatic carboxylic acids is 1. The Bertz CT molecular complexity index is 335. The van der Waals surface area contributed by atoms with Crippen molar-refractivity contribution in [1.29, 1.82) is 0 Å². The molecule has 0 aliphatic heterocycles. The summed E-state index contributed by atoms with van der Waals surface area (Å²) in [4.78, 5) is 11.3. The number of carboxylic acids is 1. The van der Waals surface area contributed by atoms with Crippen molar-refractivity contribution in [1.82, 2.24) is 5.32 Å². The quantitative estimate of drug-likeness (QED) is 0.791. The molecule has 0 spiro atoms. The van der Waals surface area contributed by atoms with Crippen LogP contribution in [0.4, 0.5) is 0 Å². The third kappa shape index (κ3) is 2.07. The van der Waals surface area contributed by atoms with Gasteiger partial charge in [0.1, 0.15) is 6.04 Å². The van der Waals surface area contributed by atoms with Gasteiger partial charge in [0, 0.05) is 6.04 Å². The zero-order chi connectivity index (χ0) is 13.6. The lowest BCUT2D eigenvalue weighted by atomic mass is 9.68. The van der Waals surface area contributed by atoms with Gasteiger partial charge in [0.15, 0.2) is 0 Å². The number of carbonyl (C=O) groups is 1. The molecule has 4 atom stereocenters. The SMILES string of the molecule is CCCC(NC1C2(C)CCC(C2)C1(C)C)C(=O)O. The lowest BCUT2D eigenvalue weighted by molar-refractivity contribution is -0.140. The average molecular weight is 253 g/mol. The Morgan fingerprint density at radius 2 is 2.11 bits per heavy atom. The highest BCUT2D eigenvalue weighted by atomic mass is 16.4. The van der Waals surface area contributed by atoms with E-state index in [-0.39, 0.29) is 11.5 Å². The predicted molar refractivity (Wildman–Crippen MR) is 72.5 cm³/mol. The van der Waals surface area contributed by atoms with Crippen molar-refractivity contribution in [2.24, 2.45) is 16.7 Å². The highest BCUT2D eigenvalue weighted by molar-refractivity contribution is 5.73. The maximum Gasteiger partial charge on any atom is 0.320 e. The number of hydrogen-bond acceptors (Lipinski definition) is 2. The maximum atomic E-state index is 11.3. The van der Waals surface area contributed by atoms with E-state index in [1.807, 2.05) is 6.92 Å². The fourth-order valence-corrected chi connectivity index (χ4v) is 4.49. The van der Waals surface area contributed by atoms with E-state index in [0.29, 0.717) is 11.5 Å². The summed E-state index contributed by atoms with van der Waals surface area (Å²) < 4.78 is 0. The van der Waals surface area contributed by atoms with Crippen molar-refractivity contribution in [3.05, 3.63) is 0 Å². The number of carboxylic acid groups (broad SMARTS) is 1. The van der Waals surface area contributed by atoms with Gasteiger partial charge in [-0.15, -0.1) is 0 Å². The van der Waals surface area contributed by atoms with Gasteiger partial charge in [0.05, 0.1) is 0 Å². The molecule has 104 valence electrons. The van der Waals surface area contributed by atoms with Crippen LogP contribution in [0.3, 0.4) is 0 Å². The van der Waals surface area contributed by atoms with Crippen LogP contribution in [0.2, 0.25) is 0 Å². The van der Waals surface area contributed by atoms with E-state index in [4.69, 9.17) is 0 Å². The molecule has 0 amide bonds. The maximum absolute atomic E-state index is 11.3. The first kappa shape index (κ1) is 13.9. The van der Waals surface area contributed by atoms with Crippen LogP contribution in [0, 0.1) is 16.7 Å². The van der Waals surface area contributed by atoms with Crippen LogP contribution in [0.1, 0.15) is 59.8 Å². The first-order valence-electron chi connectivity index (χ1n) is 7.30. The van der Waals surface area contributed by atoms with Crippen LogP contribution in [0.25, 0.3) is 0 Å². The third-order valence-corrected chi connectivity index (χ3v) is 5.51. The Labute approximate surface area is 110 Å². The summed E-state index contributed by atoms with van der Waals surface area (Å²) in [6.45, 7) is 9.00. The first-order valence-corrected chi connectivity index (χ1v) is 7.30. The number of rotatable bonds is 5. The van der Waals surface area contributed by atoms with Gasteiger partial charge >= 0.3 is 5.97 Å². The van der Waals surface area contributed by atoms with Gasteiger partial charge in [0.25, 0.3) is 0 Å². The Balaban J connectivity index is 2.14. The van der Waals surface area contributed by atoms with Crippen LogP contribution >= 0.6 is 0 Å². The van der Waals surface area contributed by atoms with Crippen LogP contribution < -0.4 is 5.32 Å². The van der Waals surface area contributed by atoms with Crippen molar-refractivity contribution in [3.63, 3.8) is 0 Å². The molecule has 2 bridgehead atoms. The first-order chi connectivity index (χ1) is 8.31. The van der Waals surface area contributed by atoms with Crippen molar-refractivity contribution in [3.8, 4) is 0 Å². The van der Waals surface area contributed by atoms with Crippen molar-refractivity contribution in [2.75, 3.05) is 0 Å². The summed E-state index contributed by atoms with van der Waals surface area (Å²) in [7, 11) is 0. The Morgan fingerprint density at radius 1 is 1.44 bits per heavy atom. The second-order valence-corrected chi connectivity index (χ2v) is 7.19. The molecule has 2 aliphatic carbocycles. The molecule has 4 unspecified atom stereocenters. The summed E-state index contributed by atoms with van der Waals surface area (Å²) in [5, 5.41) is 12.8. The van der Waals surface area contributed by atoms with Crippen molar-refractivity contribution in [2.45, 2.75) is 71.9 Å². The molecule has 0 aromatic heterocycles. The average Bonchev–Trinajstić information content (AvgIpc) is 2.73. The molecule has 0 aromatic carbocycles. The van der Waals surface area contributed by atoms with E-state index in [1.54, 1.807) is 0 Å². The summed E-state index contributed by atoms with van der Waals surface area (Å²) >= 11 is 0. The second-order valence-electron chi connectivity index (χ2n) is 7.19. The third-order valence-electron chi connectivity index (χ3n) is 5.51. The second kappa shape index (κ2) is 4.52. The van der Waals surface area contributed by atoms with E-state index >= 15 is 0 Å². The van der Waals surface area contributed by atoms with Gasteiger partial charge in [-0.25, -0.2) is 0 Å². The molecular weight excluding hydrogens is 226 g/mol. The fraction of sp³-hybridized carbons (Fsp3) is 0.933. The molecule has 0 heterocycles. The molecule has 2 saturated carbocycles. The molecule has 0 radical (unpaired) electrons. The van der Waals surface area contributed by atoms with E-state index < -0.39 is 5.97 Å². The lowest BCUT2D eigenvalue weighted by Crippen LogP contribution is -2.55. The van der Waals surface area contributed by atoms with Gasteiger partial charge in [-0.1, -0.05) is 34.1 Å². The van der Waals surface area contributed by atoms with E-state index in [1.165, 1.54) is 19.3 Å². The Morgan fingerprint density at radius 3 is 2.56 bits per heavy atom. The molecule has 18 heavy (non-hydrogen) atoms. The normalized spacial score (nSPS) is 38.9. The minimum atomic E-state index is -0.695. The van der Waals surface area contributed by atoms with Crippen LogP contribution in [0.15, 0.2) is 0 Å². The summed E-state index contributed by atoms with van der Waals surface area (Å²) in [6.07, 6.45) is 5.46. The van der Waals surface area contributed by atoms with E-state index in [0.717, 1.165) is 18.8 Å². The molecular formula is C15H27NO2. The van der Waals surface area contributed by atoms with Crippen molar-refractivity contribution >= 4 is 5.97 Å². The van der Waals surface area contributed by atoms with Gasteiger partial charge in [-0.05, 0) is 42.4 Å². The highest BCUT2D eigenvalue weighted by Gasteiger charge is 2.59. The van der Waals surface area contributed by atoms with Crippen LogP contribution in [-0.2, 0) is 4.79 Å². The number of fused-ring (bicyclic) bond motifs is 2. The van der Waals surface area contributed by atoms with Gasteiger partial charge < -0.3 is 10.4 Å².